The molecule has 0 unspecified atom stereocenters. The number of aromatic nitrogens is 2. The van der Waals surface area contributed by atoms with E-state index in [0.29, 0.717) is 11.1 Å². The third kappa shape index (κ3) is 1.71. The van der Waals surface area contributed by atoms with E-state index in [1.54, 1.807) is 24.3 Å². The summed E-state index contributed by atoms with van der Waals surface area (Å²) in [5.41, 5.74) is 0.622. The second-order valence-electron chi connectivity index (χ2n) is 5.10. The first-order chi connectivity index (χ1) is 11.1. The van der Waals surface area contributed by atoms with E-state index < -0.39 is 10.8 Å². The average Bonchev–Trinajstić information content (AvgIpc) is 3.12. The molecule has 3 aromatic rings. The fraction of sp³-hybridized carbons (Fsp3) is 0.0667. The van der Waals surface area contributed by atoms with Gasteiger partial charge in [0.05, 0.1) is 4.92 Å². The molecule has 0 radical (unpaired) electrons. The first-order valence-corrected chi connectivity index (χ1v) is 6.66. The van der Waals surface area contributed by atoms with Crippen LogP contribution in [0.1, 0.15) is 32.2 Å². The Bertz CT molecular complexity index is 972. The molecule has 8 heteroatoms. The molecular formula is C15H7N3O5. The summed E-state index contributed by atoms with van der Waals surface area (Å²) in [7, 11) is 0. The van der Waals surface area contributed by atoms with Crippen LogP contribution in [0.2, 0.25) is 0 Å². The molecule has 112 valence electrons. The molecule has 23 heavy (non-hydrogen) atoms. The SMILES string of the molecule is O=C1c2ccccc2C(=O)C1c1ccc([N+](=O)[O-])c2nonc12. The number of fused-ring (bicyclic) bond motifs is 2. The minimum Gasteiger partial charge on any atom is -0.293 e. The molecule has 1 heterocycles. The highest BCUT2D eigenvalue weighted by Gasteiger charge is 2.41. The van der Waals surface area contributed by atoms with Crippen LogP contribution in [0.15, 0.2) is 41.0 Å². The van der Waals surface area contributed by atoms with Crippen molar-refractivity contribution in [2.45, 2.75) is 5.92 Å². The van der Waals surface area contributed by atoms with Crippen LogP contribution in [0.5, 0.6) is 0 Å². The number of rotatable bonds is 2. The Morgan fingerprint density at radius 3 is 2.17 bits per heavy atom. The number of hydrogen-bond donors (Lipinski definition) is 0. The molecule has 0 aliphatic heterocycles. The van der Waals surface area contributed by atoms with Crippen LogP contribution in [0.25, 0.3) is 11.0 Å². The minimum absolute atomic E-state index is 0.0544. The van der Waals surface area contributed by atoms with Gasteiger partial charge < -0.3 is 0 Å². The Labute approximate surface area is 127 Å². The van der Waals surface area contributed by atoms with Crippen molar-refractivity contribution in [1.82, 2.24) is 10.3 Å². The van der Waals surface area contributed by atoms with E-state index in [0.717, 1.165) is 0 Å². The summed E-state index contributed by atoms with van der Waals surface area (Å²) in [6.07, 6.45) is 0. The number of carbonyl (C=O) groups is 2. The molecule has 0 fully saturated rings. The molecule has 0 spiro atoms. The van der Waals surface area contributed by atoms with Crippen LogP contribution in [0.3, 0.4) is 0 Å². The summed E-state index contributed by atoms with van der Waals surface area (Å²) in [4.78, 5) is 35.5. The van der Waals surface area contributed by atoms with E-state index in [1.165, 1.54) is 12.1 Å². The molecule has 0 bridgehead atoms. The highest BCUT2D eigenvalue weighted by atomic mass is 16.6. The first-order valence-electron chi connectivity index (χ1n) is 6.66. The van der Waals surface area contributed by atoms with Gasteiger partial charge >= 0.3 is 5.69 Å². The summed E-state index contributed by atoms with van der Waals surface area (Å²) in [5, 5.41) is 18.2. The van der Waals surface area contributed by atoms with Crippen molar-refractivity contribution in [1.29, 1.82) is 0 Å². The zero-order chi connectivity index (χ0) is 16.1. The summed E-state index contributed by atoms with van der Waals surface area (Å²) < 4.78 is 4.58. The minimum atomic E-state index is -1.08. The van der Waals surface area contributed by atoms with Crippen molar-refractivity contribution < 1.29 is 19.1 Å². The highest BCUT2D eigenvalue weighted by Crippen LogP contribution is 2.38. The van der Waals surface area contributed by atoms with Gasteiger partial charge in [-0.15, -0.1) is 0 Å². The van der Waals surface area contributed by atoms with Gasteiger partial charge in [0, 0.05) is 22.8 Å². The predicted octanol–water partition coefficient (Wildman–Crippen LogP) is 2.29. The molecule has 2 aromatic carbocycles. The zero-order valence-electron chi connectivity index (χ0n) is 11.4. The Morgan fingerprint density at radius 1 is 0.957 bits per heavy atom. The summed E-state index contributed by atoms with van der Waals surface area (Å²) in [6, 6.07) is 9.08. The van der Waals surface area contributed by atoms with Crippen molar-refractivity contribution in [3.8, 4) is 0 Å². The molecule has 8 nitrogen and oxygen atoms in total. The summed E-state index contributed by atoms with van der Waals surface area (Å²) >= 11 is 0. The van der Waals surface area contributed by atoms with E-state index in [1.807, 2.05) is 0 Å². The number of nitro groups is 1. The van der Waals surface area contributed by atoms with Crippen LogP contribution in [0, 0.1) is 10.1 Å². The third-order valence-corrected chi connectivity index (χ3v) is 3.92. The van der Waals surface area contributed by atoms with E-state index in [4.69, 9.17) is 0 Å². The van der Waals surface area contributed by atoms with E-state index in [9.17, 15) is 19.7 Å². The molecule has 0 saturated heterocycles. The fourth-order valence-corrected chi connectivity index (χ4v) is 2.88. The highest BCUT2D eigenvalue weighted by molar-refractivity contribution is 6.30. The van der Waals surface area contributed by atoms with Crippen molar-refractivity contribution in [2.75, 3.05) is 0 Å². The second-order valence-corrected chi connectivity index (χ2v) is 5.10. The molecule has 0 saturated carbocycles. The number of nitrogens with zero attached hydrogens (tertiary/aromatic N) is 3. The van der Waals surface area contributed by atoms with Crippen molar-refractivity contribution in [2.24, 2.45) is 0 Å². The smallest absolute Gasteiger partial charge is 0.293 e. The van der Waals surface area contributed by atoms with Gasteiger partial charge in [0.25, 0.3) is 0 Å². The van der Waals surface area contributed by atoms with Crippen LogP contribution < -0.4 is 0 Å². The van der Waals surface area contributed by atoms with Crippen LogP contribution in [-0.4, -0.2) is 26.8 Å². The first kappa shape index (κ1) is 13.3. The quantitative estimate of drug-likeness (QED) is 0.405. The largest absolute Gasteiger partial charge is 0.300 e. The lowest BCUT2D eigenvalue weighted by Crippen LogP contribution is -2.13. The van der Waals surface area contributed by atoms with E-state index in [2.05, 4.69) is 14.9 Å². The number of non-ortho nitro benzene ring substituents is 1. The Balaban J connectivity index is 1.94. The topological polar surface area (TPSA) is 116 Å². The maximum atomic E-state index is 12.6. The number of nitro benzene ring substituents is 1. The maximum absolute atomic E-state index is 12.6. The van der Waals surface area contributed by atoms with E-state index in [-0.39, 0.29) is 33.9 Å². The molecule has 0 amide bonds. The predicted molar refractivity (Wildman–Crippen MR) is 76.3 cm³/mol. The van der Waals surface area contributed by atoms with Gasteiger partial charge in [-0.05, 0) is 16.4 Å². The normalized spacial score (nSPS) is 14.4. The van der Waals surface area contributed by atoms with Crippen molar-refractivity contribution in [3.05, 3.63) is 63.2 Å². The van der Waals surface area contributed by atoms with Gasteiger partial charge in [-0.1, -0.05) is 24.3 Å². The van der Waals surface area contributed by atoms with Gasteiger partial charge in [0.1, 0.15) is 11.4 Å². The number of ketones is 2. The van der Waals surface area contributed by atoms with Crippen LogP contribution in [0.4, 0.5) is 5.69 Å². The molecule has 1 aliphatic rings. The van der Waals surface area contributed by atoms with Gasteiger partial charge in [-0.25, -0.2) is 4.63 Å². The zero-order valence-corrected chi connectivity index (χ0v) is 11.4. The molecule has 1 aromatic heterocycles. The lowest BCUT2D eigenvalue weighted by molar-refractivity contribution is -0.383. The van der Waals surface area contributed by atoms with Gasteiger partial charge in [-0.3, -0.25) is 19.7 Å². The standard InChI is InChI=1S/C15H7N3O5/c19-14-7-3-1-2-4-8(7)15(20)11(14)9-5-6-10(18(21)22)13-12(9)16-23-17-13/h1-6,11H. The fourth-order valence-electron chi connectivity index (χ4n) is 2.88. The van der Waals surface area contributed by atoms with Gasteiger partial charge in [0.15, 0.2) is 11.6 Å². The molecule has 0 N–H and O–H groups in total. The number of carbonyl (C=O) groups excluding carboxylic acids is 2. The van der Waals surface area contributed by atoms with Gasteiger partial charge in [0.2, 0.25) is 5.52 Å². The summed E-state index contributed by atoms with van der Waals surface area (Å²) in [5.74, 6) is -1.80. The van der Waals surface area contributed by atoms with Gasteiger partial charge in [-0.2, -0.15) is 0 Å². The van der Waals surface area contributed by atoms with E-state index >= 15 is 0 Å². The Morgan fingerprint density at radius 2 is 1.57 bits per heavy atom. The third-order valence-electron chi connectivity index (χ3n) is 3.92. The molecule has 0 atom stereocenters. The van der Waals surface area contributed by atoms with Crippen molar-refractivity contribution >= 4 is 28.3 Å². The number of hydrogen-bond acceptors (Lipinski definition) is 7. The second kappa shape index (κ2) is 4.54. The molecule has 4 rings (SSSR count). The monoisotopic (exact) mass is 309 g/mol. The molecule has 1 aliphatic carbocycles. The number of benzene rings is 2. The summed E-state index contributed by atoms with van der Waals surface area (Å²) in [6.45, 7) is 0. The maximum Gasteiger partial charge on any atom is 0.300 e. The Hall–Kier alpha value is -3.42. The lowest BCUT2D eigenvalue weighted by Gasteiger charge is -2.07. The Kier molecular flexibility index (Phi) is 2.61. The van der Waals surface area contributed by atoms with Crippen LogP contribution in [-0.2, 0) is 0 Å². The van der Waals surface area contributed by atoms with Crippen LogP contribution >= 0.6 is 0 Å². The lowest BCUT2D eigenvalue weighted by atomic mass is 9.93. The average molecular weight is 309 g/mol. The number of Topliss-reactive ketones (excluding diaryl/α,β-unsaturated/α-hetero) is 2. The molecular weight excluding hydrogens is 302 g/mol. The van der Waals surface area contributed by atoms with Crippen molar-refractivity contribution in [3.63, 3.8) is 0 Å².